The van der Waals surface area contributed by atoms with Crippen LogP contribution in [0.25, 0.3) is 0 Å². The van der Waals surface area contributed by atoms with Crippen LogP contribution in [0.5, 0.6) is 0 Å². The molecular weight excluding hydrogens is 218 g/mol. The van der Waals surface area contributed by atoms with Crippen LogP contribution in [0.2, 0.25) is 0 Å². The van der Waals surface area contributed by atoms with Gasteiger partial charge in [-0.3, -0.25) is 0 Å². The van der Waals surface area contributed by atoms with Crippen molar-refractivity contribution in [2.75, 3.05) is 6.61 Å². The van der Waals surface area contributed by atoms with Crippen LogP contribution in [0.15, 0.2) is 4.52 Å². The second kappa shape index (κ2) is 4.07. The van der Waals surface area contributed by atoms with Crippen molar-refractivity contribution >= 4 is 0 Å². The maximum atomic E-state index is 6.05. The summed E-state index contributed by atoms with van der Waals surface area (Å²) < 4.78 is 11.0. The van der Waals surface area contributed by atoms with Crippen molar-refractivity contribution in [2.24, 2.45) is 11.7 Å². The van der Waals surface area contributed by atoms with Gasteiger partial charge in [-0.1, -0.05) is 5.16 Å². The molecule has 2 fully saturated rings. The van der Waals surface area contributed by atoms with Crippen molar-refractivity contribution in [1.82, 2.24) is 10.1 Å². The number of nitrogens with two attached hydrogens (primary N) is 1. The van der Waals surface area contributed by atoms with Gasteiger partial charge in [0.1, 0.15) is 5.60 Å². The van der Waals surface area contributed by atoms with E-state index in [0.717, 1.165) is 19.4 Å². The van der Waals surface area contributed by atoms with Crippen LogP contribution >= 0.6 is 0 Å². The molecule has 2 N–H and O–H groups in total. The second-order valence-electron chi connectivity index (χ2n) is 5.40. The maximum Gasteiger partial charge on any atom is 0.228 e. The first-order valence-corrected chi connectivity index (χ1v) is 6.40. The molecule has 2 unspecified atom stereocenters. The molecule has 1 saturated carbocycles. The molecule has 0 spiro atoms. The fourth-order valence-corrected chi connectivity index (χ4v) is 2.40. The predicted octanol–water partition coefficient (Wildman–Crippen LogP) is 1.38. The van der Waals surface area contributed by atoms with Crippen molar-refractivity contribution in [3.8, 4) is 0 Å². The molecule has 1 aromatic heterocycles. The highest BCUT2D eigenvalue weighted by atomic mass is 16.5. The largest absolute Gasteiger partial charge is 0.367 e. The molecule has 1 aromatic rings. The molecule has 17 heavy (non-hydrogen) atoms. The minimum Gasteiger partial charge on any atom is -0.367 e. The lowest BCUT2D eigenvalue weighted by Gasteiger charge is -2.17. The zero-order chi connectivity index (χ0) is 11.9. The van der Waals surface area contributed by atoms with E-state index in [-0.39, 0.29) is 11.6 Å². The van der Waals surface area contributed by atoms with Gasteiger partial charge in [0.25, 0.3) is 0 Å². The molecule has 0 amide bonds. The first-order valence-electron chi connectivity index (χ1n) is 6.40. The van der Waals surface area contributed by atoms with E-state index in [1.54, 1.807) is 0 Å². The zero-order valence-electron chi connectivity index (χ0n) is 10.2. The Morgan fingerprint density at radius 2 is 2.35 bits per heavy atom. The summed E-state index contributed by atoms with van der Waals surface area (Å²) >= 11 is 0. The molecule has 0 radical (unpaired) electrons. The van der Waals surface area contributed by atoms with Gasteiger partial charge in [0.15, 0.2) is 0 Å². The van der Waals surface area contributed by atoms with Crippen LogP contribution in [-0.4, -0.2) is 22.8 Å². The van der Waals surface area contributed by atoms with Crippen molar-refractivity contribution in [3.63, 3.8) is 0 Å². The highest BCUT2D eigenvalue weighted by molar-refractivity contribution is 5.02. The molecule has 1 aliphatic heterocycles. The first kappa shape index (κ1) is 11.2. The van der Waals surface area contributed by atoms with Gasteiger partial charge in [-0.05, 0) is 38.5 Å². The topological polar surface area (TPSA) is 74.2 Å². The van der Waals surface area contributed by atoms with Gasteiger partial charge < -0.3 is 15.0 Å². The first-order chi connectivity index (χ1) is 8.17. The van der Waals surface area contributed by atoms with Gasteiger partial charge in [-0.25, -0.2) is 0 Å². The van der Waals surface area contributed by atoms with Gasteiger partial charge in [-0.2, -0.15) is 4.98 Å². The fraction of sp³-hybridized carbons (Fsp3) is 0.833. The normalized spacial score (nSPS) is 30.7. The van der Waals surface area contributed by atoms with Crippen LogP contribution < -0.4 is 5.73 Å². The maximum absolute atomic E-state index is 6.05. The van der Waals surface area contributed by atoms with Crippen LogP contribution in [0.1, 0.15) is 44.3 Å². The Morgan fingerprint density at radius 1 is 1.53 bits per heavy atom. The molecule has 94 valence electrons. The van der Waals surface area contributed by atoms with E-state index in [2.05, 4.69) is 10.1 Å². The van der Waals surface area contributed by atoms with Gasteiger partial charge in [-0.15, -0.1) is 0 Å². The van der Waals surface area contributed by atoms with Crippen molar-refractivity contribution in [1.29, 1.82) is 0 Å². The molecule has 2 heterocycles. The van der Waals surface area contributed by atoms with Crippen LogP contribution in [-0.2, 0) is 16.8 Å². The van der Waals surface area contributed by atoms with Crippen LogP contribution in [0, 0.1) is 5.92 Å². The third-order valence-corrected chi connectivity index (χ3v) is 3.80. The molecule has 1 aliphatic carbocycles. The molecule has 1 saturated heterocycles. The van der Waals surface area contributed by atoms with Gasteiger partial charge in [0.2, 0.25) is 11.7 Å². The van der Waals surface area contributed by atoms with Crippen molar-refractivity contribution < 1.29 is 9.26 Å². The molecule has 5 heteroatoms. The summed E-state index contributed by atoms with van der Waals surface area (Å²) in [6, 6.07) is 0.167. The average molecular weight is 237 g/mol. The summed E-state index contributed by atoms with van der Waals surface area (Å²) in [5.74, 6) is 1.98. The van der Waals surface area contributed by atoms with E-state index < -0.39 is 0 Å². The summed E-state index contributed by atoms with van der Waals surface area (Å²) in [5.41, 5.74) is 5.69. The summed E-state index contributed by atoms with van der Waals surface area (Å²) in [4.78, 5) is 4.43. The molecule has 2 aliphatic rings. The summed E-state index contributed by atoms with van der Waals surface area (Å²) in [6.07, 6.45) is 5.18. The summed E-state index contributed by atoms with van der Waals surface area (Å²) in [5, 5.41) is 4.04. The van der Waals surface area contributed by atoms with Crippen LogP contribution in [0.3, 0.4) is 0 Å². The lowest BCUT2D eigenvalue weighted by atomic mass is 10.0. The highest BCUT2D eigenvalue weighted by Crippen LogP contribution is 2.35. The van der Waals surface area contributed by atoms with E-state index in [9.17, 15) is 0 Å². The molecule has 2 atom stereocenters. The van der Waals surface area contributed by atoms with Crippen molar-refractivity contribution in [3.05, 3.63) is 11.7 Å². The molecule has 0 bridgehead atoms. The Bertz CT molecular complexity index is 394. The second-order valence-corrected chi connectivity index (χ2v) is 5.40. The minimum absolute atomic E-state index is 0.167. The monoisotopic (exact) mass is 237 g/mol. The standard InChI is InChI=1S/C12H19N3O2/c1-12(5-2-6-16-12)11-14-10(17-15-11)7-9(13)8-3-4-8/h8-9H,2-7,13H2,1H3. The summed E-state index contributed by atoms with van der Waals surface area (Å²) in [7, 11) is 0. The Kier molecular flexibility index (Phi) is 2.67. The lowest BCUT2D eigenvalue weighted by Crippen LogP contribution is -2.25. The van der Waals surface area contributed by atoms with E-state index >= 15 is 0 Å². The minimum atomic E-state index is -0.356. The van der Waals surface area contributed by atoms with Crippen molar-refractivity contribution in [2.45, 2.75) is 50.7 Å². The van der Waals surface area contributed by atoms with E-state index in [1.807, 2.05) is 6.92 Å². The average Bonchev–Trinajstić information content (AvgIpc) is 2.90. The number of nitrogens with zero attached hydrogens (tertiary/aromatic N) is 2. The molecule has 3 rings (SSSR count). The fourth-order valence-electron chi connectivity index (χ4n) is 2.40. The summed E-state index contributed by atoms with van der Waals surface area (Å²) in [6.45, 7) is 2.80. The Balaban J connectivity index is 1.69. The number of hydrogen-bond donors (Lipinski definition) is 1. The van der Waals surface area contributed by atoms with Gasteiger partial charge >= 0.3 is 0 Å². The van der Waals surface area contributed by atoms with E-state index in [1.165, 1.54) is 12.8 Å². The Morgan fingerprint density at radius 3 is 3.00 bits per heavy atom. The lowest BCUT2D eigenvalue weighted by molar-refractivity contribution is 0.00768. The van der Waals surface area contributed by atoms with E-state index in [0.29, 0.717) is 24.1 Å². The zero-order valence-corrected chi connectivity index (χ0v) is 10.2. The molecular formula is C12H19N3O2. The number of ether oxygens (including phenoxy) is 1. The third kappa shape index (κ3) is 2.21. The number of aromatic nitrogens is 2. The Hall–Kier alpha value is -0.940. The SMILES string of the molecule is CC1(c2noc(CC(N)C3CC3)n2)CCCO1. The van der Waals surface area contributed by atoms with E-state index in [4.69, 9.17) is 15.0 Å². The molecule has 5 nitrogen and oxygen atoms in total. The highest BCUT2D eigenvalue weighted by Gasteiger charge is 2.37. The van der Waals surface area contributed by atoms with Crippen LogP contribution in [0.4, 0.5) is 0 Å². The van der Waals surface area contributed by atoms with Gasteiger partial charge in [0.05, 0.1) is 0 Å². The van der Waals surface area contributed by atoms with Gasteiger partial charge in [0, 0.05) is 19.1 Å². The predicted molar refractivity (Wildman–Crippen MR) is 61.2 cm³/mol. The molecule has 0 aromatic carbocycles. The number of hydrogen-bond acceptors (Lipinski definition) is 5. The third-order valence-electron chi connectivity index (χ3n) is 3.80. The smallest absolute Gasteiger partial charge is 0.228 e. The quantitative estimate of drug-likeness (QED) is 0.856. The number of rotatable bonds is 4. The Labute approximate surface area is 101 Å².